The lowest BCUT2D eigenvalue weighted by atomic mass is 10.3. The summed E-state index contributed by atoms with van der Waals surface area (Å²) in [5.41, 5.74) is 0.443. The van der Waals surface area contributed by atoms with Crippen LogP contribution in [0.1, 0.15) is 10.4 Å². The lowest BCUT2D eigenvalue weighted by Crippen LogP contribution is -2.43. The predicted octanol–water partition coefficient (Wildman–Crippen LogP) is -0.740. The number of ether oxygens (including phenoxy) is 1. The highest BCUT2D eigenvalue weighted by Crippen LogP contribution is 1.95. The van der Waals surface area contributed by atoms with E-state index < -0.39 is 0 Å². The summed E-state index contributed by atoms with van der Waals surface area (Å²) in [6, 6.07) is 3.33. The molecule has 0 aliphatic carbocycles. The van der Waals surface area contributed by atoms with E-state index in [0.29, 0.717) is 12.1 Å². The molecule has 0 aromatic carbocycles. The van der Waals surface area contributed by atoms with Gasteiger partial charge in [-0.25, -0.2) is 0 Å². The molecule has 0 atom stereocenters. The number of aromatic nitrogens is 1. The second-order valence-corrected chi connectivity index (χ2v) is 4.73. The molecule has 7 heteroatoms. The van der Waals surface area contributed by atoms with E-state index in [4.69, 9.17) is 4.74 Å². The van der Waals surface area contributed by atoms with E-state index in [1.807, 2.05) is 0 Å². The summed E-state index contributed by atoms with van der Waals surface area (Å²) in [5.74, 6) is -0.494. The number of morpholine rings is 1. The van der Waals surface area contributed by atoms with Crippen molar-refractivity contribution >= 4 is 11.8 Å². The Bertz CT molecular complexity index is 461. The van der Waals surface area contributed by atoms with Gasteiger partial charge in [-0.2, -0.15) is 0 Å². The van der Waals surface area contributed by atoms with Crippen molar-refractivity contribution in [3.05, 3.63) is 30.1 Å². The van der Waals surface area contributed by atoms with Crippen LogP contribution in [-0.4, -0.2) is 67.6 Å². The summed E-state index contributed by atoms with van der Waals surface area (Å²) in [6.45, 7) is 4.62. The maximum atomic E-state index is 11.7. The van der Waals surface area contributed by atoms with E-state index >= 15 is 0 Å². The monoisotopic (exact) mass is 292 g/mol. The van der Waals surface area contributed by atoms with E-state index in [-0.39, 0.29) is 18.4 Å². The number of carbonyl (C=O) groups excluding carboxylic acids is 2. The van der Waals surface area contributed by atoms with E-state index in [1.54, 1.807) is 18.3 Å². The number of carbonyl (C=O) groups is 2. The van der Waals surface area contributed by atoms with Crippen LogP contribution < -0.4 is 10.6 Å². The van der Waals surface area contributed by atoms with Gasteiger partial charge in [0.05, 0.1) is 25.3 Å². The van der Waals surface area contributed by atoms with Gasteiger partial charge in [-0.15, -0.1) is 0 Å². The third-order valence-corrected chi connectivity index (χ3v) is 3.19. The molecule has 2 N–H and O–H groups in total. The molecule has 1 fully saturated rings. The fraction of sp³-hybridized carbons (Fsp3) is 0.500. The average Bonchev–Trinajstić information content (AvgIpc) is 2.54. The minimum atomic E-state index is -0.300. The van der Waals surface area contributed by atoms with Gasteiger partial charge in [0.2, 0.25) is 5.91 Å². The SMILES string of the molecule is O=C(CNC(=O)c1cccnc1)NCCN1CCOCC1. The van der Waals surface area contributed by atoms with Crippen LogP contribution in [0, 0.1) is 0 Å². The van der Waals surface area contributed by atoms with E-state index in [9.17, 15) is 9.59 Å². The maximum absolute atomic E-state index is 11.7. The Labute approximate surface area is 123 Å². The Morgan fingerprint density at radius 2 is 2.10 bits per heavy atom. The van der Waals surface area contributed by atoms with Gasteiger partial charge in [0.15, 0.2) is 0 Å². The third kappa shape index (κ3) is 5.49. The van der Waals surface area contributed by atoms with Gasteiger partial charge in [-0.3, -0.25) is 19.5 Å². The summed E-state index contributed by atoms with van der Waals surface area (Å²) in [4.78, 5) is 29.4. The summed E-state index contributed by atoms with van der Waals surface area (Å²) >= 11 is 0. The maximum Gasteiger partial charge on any atom is 0.253 e. The number of hydrogen-bond donors (Lipinski definition) is 2. The number of pyridine rings is 1. The van der Waals surface area contributed by atoms with Crippen LogP contribution in [0.3, 0.4) is 0 Å². The highest BCUT2D eigenvalue weighted by atomic mass is 16.5. The number of nitrogens with zero attached hydrogens (tertiary/aromatic N) is 2. The van der Waals surface area contributed by atoms with Crippen LogP contribution in [0.4, 0.5) is 0 Å². The van der Waals surface area contributed by atoms with Crippen molar-refractivity contribution in [1.82, 2.24) is 20.5 Å². The molecule has 1 saturated heterocycles. The van der Waals surface area contributed by atoms with Gasteiger partial charge in [0, 0.05) is 38.6 Å². The van der Waals surface area contributed by atoms with Crippen LogP contribution in [0.15, 0.2) is 24.5 Å². The van der Waals surface area contributed by atoms with E-state index in [0.717, 1.165) is 32.8 Å². The Balaban J connectivity index is 1.60. The van der Waals surface area contributed by atoms with Gasteiger partial charge >= 0.3 is 0 Å². The highest BCUT2D eigenvalue weighted by molar-refractivity contribution is 5.96. The molecular weight excluding hydrogens is 272 g/mol. The number of nitrogens with one attached hydrogen (secondary N) is 2. The van der Waals surface area contributed by atoms with Crippen LogP contribution >= 0.6 is 0 Å². The zero-order valence-corrected chi connectivity index (χ0v) is 11.9. The van der Waals surface area contributed by atoms with Crippen LogP contribution in [0.5, 0.6) is 0 Å². The molecule has 21 heavy (non-hydrogen) atoms. The molecule has 2 heterocycles. The summed E-state index contributed by atoms with van der Waals surface area (Å²) in [7, 11) is 0. The van der Waals surface area contributed by atoms with E-state index in [2.05, 4.69) is 20.5 Å². The predicted molar refractivity (Wildman–Crippen MR) is 76.8 cm³/mol. The molecule has 2 rings (SSSR count). The first kappa shape index (κ1) is 15.4. The Morgan fingerprint density at radius 1 is 1.29 bits per heavy atom. The van der Waals surface area contributed by atoms with Gasteiger partial charge < -0.3 is 15.4 Å². The topological polar surface area (TPSA) is 83.6 Å². The van der Waals surface area contributed by atoms with Gasteiger partial charge in [-0.05, 0) is 12.1 Å². The van der Waals surface area contributed by atoms with Crippen molar-refractivity contribution in [2.75, 3.05) is 45.9 Å². The van der Waals surface area contributed by atoms with Crippen LogP contribution in [-0.2, 0) is 9.53 Å². The minimum Gasteiger partial charge on any atom is -0.379 e. The normalized spacial score (nSPS) is 15.4. The summed E-state index contributed by atoms with van der Waals surface area (Å²) in [5, 5.41) is 5.35. The molecule has 0 radical (unpaired) electrons. The molecule has 0 bridgehead atoms. The Morgan fingerprint density at radius 3 is 2.81 bits per heavy atom. The quantitative estimate of drug-likeness (QED) is 0.721. The van der Waals surface area contributed by atoms with Crippen molar-refractivity contribution in [2.24, 2.45) is 0 Å². The molecule has 1 aliphatic rings. The molecule has 0 unspecified atom stereocenters. The second-order valence-electron chi connectivity index (χ2n) is 4.73. The van der Waals surface area contributed by atoms with Crippen LogP contribution in [0.25, 0.3) is 0 Å². The molecule has 1 aromatic heterocycles. The molecule has 114 valence electrons. The van der Waals surface area contributed by atoms with Crippen molar-refractivity contribution < 1.29 is 14.3 Å². The molecule has 7 nitrogen and oxygen atoms in total. The first-order valence-corrected chi connectivity index (χ1v) is 7.01. The molecule has 1 aliphatic heterocycles. The van der Waals surface area contributed by atoms with Gasteiger partial charge in [-0.1, -0.05) is 0 Å². The number of hydrogen-bond acceptors (Lipinski definition) is 5. The Kier molecular flexibility index (Phi) is 6.11. The molecule has 0 saturated carbocycles. The summed E-state index contributed by atoms with van der Waals surface area (Å²) < 4.78 is 5.25. The minimum absolute atomic E-state index is 0.0309. The summed E-state index contributed by atoms with van der Waals surface area (Å²) in [6.07, 6.45) is 3.06. The largest absolute Gasteiger partial charge is 0.379 e. The van der Waals surface area contributed by atoms with E-state index in [1.165, 1.54) is 6.20 Å². The standard InChI is InChI=1S/C14H20N4O3/c19-13(16-4-5-18-6-8-21-9-7-18)11-17-14(20)12-2-1-3-15-10-12/h1-3,10H,4-9,11H2,(H,16,19)(H,17,20). The lowest BCUT2D eigenvalue weighted by molar-refractivity contribution is -0.120. The lowest BCUT2D eigenvalue weighted by Gasteiger charge is -2.26. The second kappa shape index (κ2) is 8.33. The first-order valence-electron chi connectivity index (χ1n) is 7.01. The zero-order chi connectivity index (χ0) is 14.9. The van der Waals surface area contributed by atoms with Crippen LogP contribution in [0.2, 0.25) is 0 Å². The third-order valence-electron chi connectivity index (χ3n) is 3.19. The zero-order valence-electron chi connectivity index (χ0n) is 11.9. The molecule has 0 spiro atoms. The molecular formula is C14H20N4O3. The first-order chi connectivity index (χ1) is 10.3. The molecule has 1 aromatic rings. The van der Waals surface area contributed by atoms with Crippen molar-refractivity contribution in [1.29, 1.82) is 0 Å². The number of rotatable bonds is 6. The van der Waals surface area contributed by atoms with Gasteiger partial charge in [0.1, 0.15) is 0 Å². The average molecular weight is 292 g/mol. The Hall–Kier alpha value is -1.99. The van der Waals surface area contributed by atoms with Crippen molar-refractivity contribution in [3.63, 3.8) is 0 Å². The van der Waals surface area contributed by atoms with Gasteiger partial charge in [0.25, 0.3) is 5.91 Å². The highest BCUT2D eigenvalue weighted by Gasteiger charge is 2.11. The smallest absolute Gasteiger partial charge is 0.253 e. The number of amides is 2. The van der Waals surface area contributed by atoms with Crippen molar-refractivity contribution in [2.45, 2.75) is 0 Å². The molecule has 2 amide bonds. The fourth-order valence-electron chi connectivity index (χ4n) is 2.00. The van der Waals surface area contributed by atoms with Crippen molar-refractivity contribution in [3.8, 4) is 0 Å². The fourth-order valence-corrected chi connectivity index (χ4v) is 2.00.